The minimum atomic E-state index is -0.479. The molecule has 0 aromatic carbocycles. The van der Waals surface area contributed by atoms with Crippen LogP contribution in [0.1, 0.15) is 20.3 Å². The van der Waals surface area contributed by atoms with Gasteiger partial charge in [-0.2, -0.15) is 0 Å². The number of hydrogen-bond donors (Lipinski definition) is 2. The van der Waals surface area contributed by atoms with E-state index in [4.69, 9.17) is 5.73 Å². The van der Waals surface area contributed by atoms with E-state index < -0.39 is 6.04 Å². The zero-order valence-corrected chi connectivity index (χ0v) is 13.1. The van der Waals surface area contributed by atoms with Crippen LogP contribution >= 0.6 is 0 Å². The Morgan fingerprint density at radius 3 is 2.45 bits per heavy atom. The molecule has 2 atom stereocenters. The molecular weight excluding hydrogens is 252 g/mol. The van der Waals surface area contributed by atoms with Gasteiger partial charge in [0.05, 0.1) is 6.04 Å². The second-order valence-corrected chi connectivity index (χ2v) is 6.03. The van der Waals surface area contributed by atoms with Crippen LogP contribution in [0.5, 0.6) is 0 Å². The van der Waals surface area contributed by atoms with Crippen LogP contribution in [0.2, 0.25) is 0 Å². The minimum absolute atomic E-state index is 0.0790. The topological polar surface area (TPSA) is 61.6 Å². The number of rotatable bonds is 7. The Morgan fingerprint density at radius 1 is 1.35 bits per heavy atom. The van der Waals surface area contributed by atoms with Crippen LogP contribution < -0.4 is 11.1 Å². The summed E-state index contributed by atoms with van der Waals surface area (Å²) in [6, 6.07) is -0.101. The van der Waals surface area contributed by atoms with Crippen molar-refractivity contribution in [1.29, 1.82) is 0 Å². The first-order chi connectivity index (χ1) is 9.45. The van der Waals surface area contributed by atoms with Crippen molar-refractivity contribution in [3.63, 3.8) is 0 Å². The minimum Gasteiger partial charge on any atom is -0.353 e. The largest absolute Gasteiger partial charge is 0.353 e. The van der Waals surface area contributed by atoms with Gasteiger partial charge in [-0.05, 0) is 19.4 Å². The molecular formula is C15H30N4O. The van der Waals surface area contributed by atoms with E-state index in [-0.39, 0.29) is 5.91 Å². The molecule has 1 aliphatic heterocycles. The summed E-state index contributed by atoms with van der Waals surface area (Å²) in [5.74, 6) is 0.430. The van der Waals surface area contributed by atoms with Crippen molar-refractivity contribution in [1.82, 2.24) is 15.1 Å². The van der Waals surface area contributed by atoms with E-state index in [9.17, 15) is 4.79 Å². The molecule has 1 fully saturated rings. The van der Waals surface area contributed by atoms with E-state index in [1.807, 2.05) is 0 Å². The lowest BCUT2D eigenvalue weighted by atomic mass is 10.0. The molecule has 1 heterocycles. The van der Waals surface area contributed by atoms with Crippen LogP contribution in [0, 0.1) is 5.92 Å². The summed E-state index contributed by atoms with van der Waals surface area (Å²) in [6.45, 7) is 13.0. The van der Waals surface area contributed by atoms with Crippen molar-refractivity contribution in [2.24, 2.45) is 11.7 Å². The fourth-order valence-electron chi connectivity index (χ4n) is 2.56. The molecule has 0 spiro atoms. The highest BCUT2D eigenvalue weighted by molar-refractivity contribution is 5.81. The van der Waals surface area contributed by atoms with Gasteiger partial charge in [0.25, 0.3) is 0 Å². The molecule has 2 unspecified atom stereocenters. The molecule has 0 radical (unpaired) electrons. The molecule has 0 aromatic rings. The summed E-state index contributed by atoms with van der Waals surface area (Å²) in [4.78, 5) is 16.7. The molecule has 5 nitrogen and oxygen atoms in total. The number of nitrogens with two attached hydrogens (primary N) is 1. The number of likely N-dealkylation sites (N-methyl/N-ethyl adjacent to an activating group) is 1. The highest BCUT2D eigenvalue weighted by Crippen LogP contribution is 2.12. The van der Waals surface area contributed by atoms with Crippen molar-refractivity contribution in [2.45, 2.75) is 32.4 Å². The lowest BCUT2D eigenvalue weighted by Crippen LogP contribution is -2.55. The highest BCUT2D eigenvalue weighted by Gasteiger charge is 2.25. The van der Waals surface area contributed by atoms with Gasteiger partial charge in [0.2, 0.25) is 5.91 Å². The Balaban J connectivity index is 2.47. The van der Waals surface area contributed by atoms with Crippen LogP contribution in [0.25, 0.3) is 0 Å². The number of nitrogens with zero attached hydrogens (tertiary/aromatic N) is 2. The van der Waals surface area contributed by atoms with E-state index >= 15 is 0 Å². The molecule has 5 heteroatoms. The molecule has 20 heavy (non-hydrogen) atoms. The van der Waals surface area contributed by atoms with Crippen molar-refractivity contribution in [3.8, 4) is 0 Å². The van der Waals surface area contributed by atoms with Gasteiger partial charge in [-0.15, -0.1) is 6.58 Å². The third-order valence-electron chi connectivity index (χ3n) is 4.02. The Kier molecular flexibility index (Phi) is 7.19. The van der Waals surface area contributed by atoms with E-state index in [1.165, 1.54) is 0 Å². The molecule has 1 aliphatic rings. The van der Waals surface area contributed by atoms with Gasteiger partial charge >= 0.3 is 0 Å². The van der Waals surface area contributed by atoms with E-state index in [0.717, 1.165) is 26.2 Å². The van der Waals surface area contributed by atoms with Gasteiger partial charge < -0.3 is 16.0 Å². The van der Waals surface area contributed by atoms with Crippen LogP contribution in [0.4, 0.5) is 0 Å². The standard InChI is InChI=1S/C15H30N4O/c1-5-6-13(16)15(20)17-11-14(12(2)3)19-9-7-18(4)8-10-19/h5,12-14H,1,6-11,16H2,2-4H3,(H,17,20). The Hall–Kier alpha value is -0.910. The summed E-state index contributed by atoms with van der Waals surface area (Å²) in [7, 11) is 2.15. The third-order valence-corrected chi connectivity index (χ3v) is 4.02. The Morgan fingerprint density at radius 2 is 1.95 bits per heavy atom. The normalized spacial score (nSPS) is 20.6. The Labute approximate surface area is 123 Å². The summed E-state index contributed by atoms with van der Waals surface area (Å²) in [6.07, 6.45) is 2.21. The molecule has 1 saturated heterocycles. The smallest absolute Gasteiger partial charge is 0.237 e. The predicted molar refractivity (Wildman–Crippen MR) is 83.5 cm³/mol. The van der Waals surface area contributed by atoms with Gasteiger partial charge in [-0.3, -0.25) is 9.69 Å². The van der Waals surface area contributed by atoms with Crippen LogP contribution in [0.3, 0.4) is 0 Å². The van der Waals surface area contributed by atoms with Gasteiger partial charge in [0, 0.05) is 38.8 Å². The number of carbonyl (C=O) groups is 1. The number of carbonyl (C=O) groups excluding carboxylic acids is 1. The summed E-state index contributed by atoms with van der Waals surface area (Å²) in [5.41, 5.74) is 5.78. The maximum atomic E-state index is 11.9. The lowest BCUT2D eigenvalue weighted by Gasteiger charge is -2.40. The zero-order valence-electron chi connectivity index (χ0n) is 13.1. The average molecular weight is 282 g/mol. The van der Waals surface area contributed by atoms with Crippen molar-refractivity contribution in [3.05, 3.63) is 12.7 Å². The van der Waals surface area contributed by atoms with Gasteiger partial charge in [0.1, 0.15) is 0 Å². The second kappa shape index (κ2) is 8.39. The molecule has 3 N–H and O–H groups in total. The first-order valence-corrected chi connectivity index (χ1v) is 7.52. The first kappa shape index (κ1) is 17.1. The number of hydrogen-bond acceptors (Lipinski definition) is 4. The van der Waals surface area contributed by atoms with Gasteiger partial charge in [-0.1, -0.05) is 19.9 Å². The summed E-state index contributed by atoms with van der Waals surface area (Å²) < 4.78 is 0. The molecule has 0 bridgehead atoms. The number of amides is 1. The maximum Gasteiger partial charge on any atom is 0.237 e. The molecule has 1 amide bonds. The SMILES string of the molecule is C=CCC(N)C(=O)NCC(C(C)C)N1CCN(C)CC1. The van der Waals surface area contributed by atoms with Crippen LogP contribution in [-0.2, 0) is 4.79 Å². The highest BCUT2D eigenvalue weighted by atomic mass is 16.2. The molecule has 0 aliphatic carbocycles. The van der Waals surface area contributed by atoms with E-state index in [0.29, 0.717) is 24.9 Å². The molecule has 1 rings (SSSR count). The van der Waals surface area contributed by atoms with Crippen molar-refractivity contribution < 1.29 is 4.79 Å². The summed E-state index contributed by atoms with van der Waals surface area (Å²) >= 11 is 0. The average Bonchev–Trinajstić information content (AvgIpc) is 2.40. The molecule has 0 aromatic heterocycles. The predicted octanol–water partition coefficient (Wildman–Crippen LogP) is 0.278. The zero-order chi connectivity index (χ0) is 15.1. The van der Waals surface area contributed by atoms with Crippen LogP contribution in [0.15, 0.2) is 12.7 Å². The molecule has 116 valence electrons. The van der Waals surface area contributed by atoms with Crippen molar-refractivity contribution >= 4 is 5.91 Å². The maximum absolute atomic E-state index is 11.9. The molecule has 0 saturated carbocycles. The van der Waals surface area contributed by atoms with E-state index in [2.05, 4.69) is 42.6 Å². The fraction of sp³-hybridized carbons (Fsp3) is 0.800. The van der Waals surface area contributed by atoms with Crippen molar-refractivity contribution in [2.75, 3.05) is 39.8 Å². The van der Waals surface area contributed by atoms with Crippen LogP contribution in [-0.4, -0.2) is 67.6 Å². The Bertz CT molecular complexity index is 311. The first-order valence-electron chi connectivity index (χ1n) is 7.52. The van der Waals surface area contributed by atoms with Gasteiger partial charge in [-0.25, -0.2) is 0 Å². The summed E-state index contributed by atoms with van der Waals surface area (Å²) in [5, 5.41) is 2.99. The quantitative estimate of drug-likeness (QED) is 0.658. The number of piperazine rings is 1. The third kappa shape index (κ3) is 5.23. The number of nitrogens with one attached hydrogen (secondary N) is 1. The van der Waals surface area contributed by atoms with Gasteiger partial charge in [0.15, 0.2) is 0 Å². The second-order valence-electron chi connectivity index (χ2n) is 6.03. The fourth-order valence-corrected chi connectivity index (χ4v) is 2.56. The van der Waals surface area contributed by atoms with E-state index in [1.54, 1.807) is 6.08 Å². The monoisotopic (exact) mass is 282 g/mol. The lowest BCUT2D eigenvalue weighted by molar-refractivity contribution is -0.122.